The van der Waals surface area contributed by atoms with Gasteiger partial charge in [-0.05, 0) is 97.3 Å². The van der Waals surface area contributed by atoms with Crippen LogP contribution in [0.1, 0.15) is 24.0 Å². The lowest BCUT2D eigenvalue weighted by Crippen LogP contribution is -2.44. The summed E-state index contributed by atoms with van der Waals surface area (Å²) in [6.07, 6.45) is 7.00. The summed E-state index contributed by atoms with van der Waals surface area (Å²) in [6, 6.07) is 17.0. The van der Waals surface area contributed by atoms with Crippen LogP contribution in [0.3, 0.4) is 0 Å². The van der Waals surface area contributed by atoms with Gasteiger partial charge >= 0.3 is 0 Å². The Labute approximate surface area is 242 Å². The quantitative estimate of drug-likeness (QED) is 0.238. The average Bonchev–Trinajstić information content (AvgIpc) is 3.65. The van der Waals surface area contributed by atoms with Gasteiger partial charge in [-0.25, -0.2) is 13.5 Å². The molecule has 2 heterocycles. The van der Waals surface area contributed by atoms with E-state index in [1.54, 1.807) is 47.5 Å². The Balaban J connectivity index is 1.24. The first kappa shape index (κ1) is 28.7. The van der Waals surface area contributed by atoms with Crippen molar-refractivity contribution in [2.75, 3.05) is 11.9 Å². The van der Waals surface area contributed by atoms with Gasteiger partial charge in [0.25, 0.3) is 0 Å². The van der Waals surface area contributed by atoms with Crippen molar-refractivity contribution in [1.29, 1.82) is 0 Å². The van der Waals surface area contributed by atoms with E-state index in [0.717, 1.165) is 5.56 Å². The van der Waals surface area contributed by atoms with Crippen molar-refractivity contribution in [3.63, 3.8) is 0 Å². The number of carbonyl (C=O) groups is 2. The fraction of sp³-hybridized carbons (Fsp3) is 0.250. The van der Waals surface area contributed by atoms with Crippen LogP contribution in [0.2, 0.25) is 0 Å². The second kappa shape index (κ2) is 13.2. The van der Waals surface area contributed by atoms with Crippen molar-refractivity contribution in [2.45, 2.75) is 38.3 Å². The lowest BCUT2D eigenvalue weighted by molar-refractivity contribution is -0.137. The van der Waals surface area contributed by atoms with Gasteiger partial charge in [0.2, 0.25) is 11.8 Å². The molecule has 5 rings (SSSR count). The predicted octanol–water partition coefficient (Wildman–Crippen LogP) is 5.57. The summed E-state index contributed by atoms with van der Waals surface area (Å²) < 4.78 is 35.0. The number of carbonyl (C=O) groups excluding carboxylic acids is 2. The highest BCUT2D eigenvalue weighted by molar-refractivity contribution is 5.97. The maximum absolute atomic E-state index is 14.7. The number of aryl methyl sites for hydroxylation is 1. The number of halogens is 2. The number of amides is 2. The molecule has 3 aromatic carbocycles. The third kappa shape index (κ3) is 7.25. The molecule has 10 heteroatoms. The van der Waals surface area contributed by atoms with Gasteiger partial charge in [-0.1, -0.05) is 23.4 Å². The Bertz CT molecular complexity index is 1530. The van der Waals surface area contributed by atoms with Crippen LogP contribution in [-0.4, -0.2) is 44.3 Å². The molecule has 8 nitrogen and oxygen atoms in total. The Morgan fingerprint density at radius 3 is 2.45 bits per heavy atom. The number of allylic oxidation sites excluding steroid dienone is 1. The molecular weight excluding hydrogens is 540 g/mol. The van der Waals surface area contributed by atoms with Crippen LogP contribution >= 0.6 is 0 Å². The largest absolute Gasteiger partial charge is 0.457 e. The highest BCUT2D eigenvalue weighted by Crippen LogP contribution is 2.30. The van der Waals surface area contributed by atoms with Crippen molar-refractivity contribution in [2.24, 2.45) is 5.92 Å². The van der Waals surface area contributed by atoms with E-state index in [0.29, 0.717) is 55.0 Å². The number of ether oxygens (including phenoxy) is 1. The molecule has 0 spiro atoms. The third-order valence-electron chi connectivity index (χ3n) is 7.27. The SMILES string of the molecule is C=CCc1ccc(CCC2CC(C(=O)Nc3ccc(Oc4ccc(F)cc4)cc3)N(C(=O)Cn3ccnn3)C2)c(F)c1. The summed E-state index contributed by atoms with van der Waals surface area (Å²) in [5.41, 5.74) is 2.02. The zero-order chi connectivity index (χ0) is 29.5. The maximum Gasteiger partial charge on any atom is 0.247 e. The number of nitrogens with one attached hydrogen (secondary N) is 1. The molecule has 0 radical (unpaired) electrons. The van der Waals surface area contributed by atoms with E-state index in [9.17, 15) is 18.4 Å². The summed E-state index contributed by atoms with van der Waals surface area (Å²) in [7, 11) is 0. The Hall–Kier alpha value is -4.86. The lowest BCUT2D eigenvalue weighted by atomic mass is 9.95. The van der Waals surface area contributed by atoms with Gasteiger partial charge in [0.05, 0.1) is 6.20 Å². The fourth-order valence-electron chi connectivity index (χ4n) is 5.12. The van der Waals surface area contributed by atoms with Crippen LogP contribution in [0.15, 0.2) is 91.8 Å². The highest BCUT2D eigenvalue weighted by Gasteiger charge is 2.39. The van der Waals surface area contributed by atoms with Crippen LogP contribution in [0, 0.1) is 17.6 Å². The topological polar surface area (TPSA) is 89.4 Å². The number of likely N-dealkylation sites (tertiary alicyclic amines) is 1. The van der Waals surface area contributed by atoms with Gasteiger partial charge in [0.1, 0.15) is 35.7 Å². The Morgan fingerprint density at radius 1 is 1.05 bits per heavy atom. The van der Waals surface area contributed by atoms with Crippen molar-refractivity contribution in [3.05, 3.63) is 115 Å². The molecule has 1 fully saturated rings. The molecule has 2 unspecified atom stereocenters. The number of hydrogen-bond acceptors (Lipinski definition) is 5. The van der Waals surface area contributed by atoms with E-state index < -0.39 is 6.04 Å². The van der Waals surface area contributed by atoms with E-state index in [4.69, 9.17) is 4.74 Å². The first-order valence-electron chi connectivity index (χ1n) is 13.7. The van der Waals surface area contributed by atoms with Crippen molar-refractivity contribution < 1.29 is 23.1 Å². The molecule has 2 amide bonds. The second-order valence-electron chi connectivity index (χ2n) is 10.3. The molecule has 0 bridgehead atoms. The van der Waals surface area contributed by atoms with Crippen LogP contribution in [0.25, 0.3) is 0 Å². The first-order chi connectivity index (χ1) is 20.4. The minimum atomic E-state index is -0.694. The molecule has 1 saturated heterocycles. The average molecular weight is 572 g/mol. The third-order valence-corrected chi connectivity index (χ3v) is 7.27. The number of rotatable bonds is 11. The molecule has 42 heavy (non-hydrogen) atoms. The molecule has 1 aliphatic rings. The minimum absolute atomic E-state index is 0.0131. The maximum atomic E-state index is 14.7. The molecule has 1 aromatic heterocycles. The van der Waals surface area contributed by atoms with E-state index >= 15 is 0 Å². The van der Waals surface area contributed by atoms with Gasteiger partial charge in [-0.3, -0.25) is 9.59 Å². The van der Waals surface area contributed by atoms with Gasteiger partial charge < -0.3 is 15.0 Å². The van der Waals surface area contributed by atoms with Crippen molar-refractivity contribution in [1.82, 2.24) is 19.9 Å². The zero-order valence-corrected chi connectivity index (χ0v) is 23.0. The van der Waals surface area contributed by atoms with E-state index in [2.05, 4.69) is 22.2 Å². The normalized spacial score (nSPS) is 16.3. The summed E-state index contributed by atoms with van der Waals surface area (Å²) in [6.45, 7) is 4.04. The van der Waals surface area contributed by atoms with Gasteiger partial charge in [0, 0.05) is 18.4 Å². The number of aromatic nitrogens is 3. The predicted molar refractivity (Wildman–Crippen MR) is 154 cm³/mol. The molecule has 2 atom stereocenters. The van der Waals surface area contributed by atoms with Gasteiger partial charge in [0.15, 0.2) is 0 Å². The molecular formula is C32H31F2N5O3. The molecule has 0 aliphatic carbocycles. The number of anilines is 1. The fourth-order valence-corrected chi connectivity index (χ4v) is 5.12. The molecule has 0 saturated carbocycles. The minimum Gasteiger partial charge on any atom is -0.457 e. The molecule has 1 aliphatic heterocycles. The standard InChI is InChI=1S/C32H31F2N5O3/c1-2-3-22-4-6-24(29(34)18-22)7-5-23-19-30(39(20-23)31(40)21-38-17-16-35-37-38)32(41)36-26-10-14-28(15-11-26)42-27-12-8-25(33)9-13-27/h2,4,6,8-18,23,30H,1,3,5,7,19-21H2,(H,36,41). The summed E-state index contributed by atoms with van der Waals surface area (Å²) in [4.78, 5) is 28.3. The highest BCUT2D eigenvalue weighted by atomic mass is 19.1. The van der Waals surface area contributed by atoms with E-state index in [1.165, 1.54) is 41.2 Å². The smallest absolute Gasteiger partial charge is 0.247 e. The van der Waals surface area contributed by atoms with E-state index in [1.807, 2.05) is 6.07 Å². The van der Waals surface area contributed by atoms with Crippen molar-refractivity contribution >= 4 is 17.5 Å². The van der Waals surface area contributed by atoms with Crippen LogP contribution < -0.4 is 10.1 Å². The summed E-state index contributed by atoms with van der Waals surface area (Å²) in [5, 5.41) is 10.5. The van der Waals surface area contributed by atoms with Gasteiger partial charge in [-0.2, -0.15) is 0 Å². The molecule has 216 valence electrons. The number of benzene rings is 3. The van der Waals surface area contributed by atoms with E-state index in [-0.39, 0.29) is 35.9 Å². The van der Waals surface area contributed by atoms with Crippen LogP contribution in [-0.2, 0) is 29.0 Å². The number of nitrogens with zero attached hydrogens (tertiary/aromatic N) is 4. The Kier molecular flexibility index (Phi) is 9.01. The summed E-state index contributed by atoms with van der Waals surface area (Å²) >= 11 is 0. The van der Waals surface area contributed by atoms with Crippen LogP contribution in [0.5, 0.6) is 11.5 Å². The Morgan fingerprint density at radius 2 is 1.79 bits per heavy atom. The summed E-state index contributed by atoms with van der Waals surface area (Å²) in [5.74, 6) is -0.141. The van der Waals surface area contributed by atoms with Gasteiger partial charge in [-0.15, -0.1) is 11.7 Å². The molecule has 4 aromatic rings. The van der Waals surface area contributed by atoms with Crippen molar-refractivity contribution in [3.8, 4) is 11.5 Å². The zero-order valence-electron chi connectivity index (χ0n) is 23.0. The monoisotopic (exact) mass is 571 g/mol. The number of hydrogen-bond donors (Lipinski definition) is 1. The molecule has 1 N–H and O–H groups in total. The lowest BCUT2D eigenvalue weighted by Gasteiger charge is -2.24. The first-order valence-corrected chi connectivity index (χ1v) is 13.7. The van der Waals surface area contributed by atoms with Crippen LogP contribution in [0.4, 0.5) is 14.5 Å². The second-order valence-corrected chi connectivity index (χ2v) is 10.3.